The van der Waals surface area contributed by atoms with Crippen LogP contribution in [0.25, 0.3) is 11.0 Å². The molecule has 38 heavy (non-hydrogen) atoms. The predicted molar refractivity (Wildman–Crippen MR) is 135 cm³/mol. The van der Waals surface area contributed by atoms with Gasteiger partial charge in [-0.3, -0.25) is 9.59 Å². The Labute approximate surface area is 218 Å². The molecule has 0 bridgehead atoms. The second-order valence-electron chi connectivity index (χ2n) is 8.46. The summed E-state index contributed by atoms with van der Waals surface area (Å²) in [6.07, 6.45) is -3.16. The van der Waals surface area contributed by atoms with Crippen LogP contribution in [-0.2, 0) is 27.5 Å². The normalized spacial score (nSPS) is 12.9. The van der Waals surface area contributed by atoms with Gasteiger partial charge >= 0.3 is 12.1 Å². The minimum Gasteiger partial charge on any atom is -0.475 e. The third kappa shape index (κ3) is 6.94. The molecule has 2 aromatic carbocycles. The summed E-state index contributed by atoms with van der Waals surface area (Å²) in [4.78, 5) is 36.0. The van der Waals surface area contributed by atoms with Crippen molar-refractivity contribution in [3.8, 4) is 0 Å². The summed E-state index contributed by atoms with van der Waals surface area (Å²) in [5.74, 6) is -2.63. The van der Waals surface area contributed by atoms with E-state index in [0.717, 1.165) is 40.8 Å². The molecule has 1 fully saturated rings. The molecular weight excluding hydrogens is 523 g/mol. The van der Waals surface area contributed by atoms with Crippen LogP contribution < -0.4 is 10.2 Å². The summed E-state index contributed by atoms with van der Waals surface area (Å²) in [5.41, 5.74) is 4.16. The molecule has 2 heterocycles. The van der Waals surface area contributed by atoms with E-state index in [1.165, 1.54) is 0 Å². The van der Waals surface area contributed by atoms with Gasteiger partial charge in [0.25, 0.3) is 0 Å². The molecule has 2 N–H and O–H groups in total. The molecule has 5 rings (SSSR count). The highest BCUT2D eigenvalue weighted by Crippen LogP contribution is 2.30. The number of carboxylic acids is 1. The van der Waals surface area contributed by atoms with Crippen molar-refractivity contribution in [2.45, 2.75) is 32.1 Å². The van der Waals surface area contributed by atoms with Crippen LogP contribution in [0, 0.1) is 5.92 Å². The monoisotopic (exact) mass is 545 g/mol. The Balaban J connectivity index is 0.000000426. The van der Waals surface area contributed by atoms with Crippen LogP contribution in [-0.4, -0.2) is 44.1 Å². The molecule has 0 spiro atoms. The topological polar surface area (TPSA) is 117 Å². The zero-order valence-corrected chi connectivity index (χ0v) is 20.6. The Kier molecular flexibility index (Phi) is 8.05. The van der Waals surface area contributed by atoms with Crippen LogP contribution >= 0.6 is 11.3 Å². The molecule has 9 nitrogen and oxygen atoms in total. The Hall–Kier alpha value is -4.26. The summed E-state index contributed by atoms with van der Waals surface area (Å²) >= 11 is 1.60. The Morgan fingerprint density at radius 2 is 1.76 bits per heavy atom. The molecule has 1 aliphatic carbocycles. The molecule has 0 unspecified atom stereocenters. The van der Waals surface area contributed by atoms with Gasteiger partial charge in [0, 0.05) is 17.3 Å². The smallest absolute Gasteiger partial charge is 0.475 e. The molecule has 1 saturated carbocycles. The number of benzene rings is 2. The zero-order valence-electron chi connectivity index (χ0n) is 19.8. The highest BCUT2D eigenvalue weighted by molar-refractivity contribution is 7.07. The molecular formula is C25H22F3N5O4S. The average molecular weight is 546 g/mol. The largest absolute Gasteiger partial charge is 0.490 e. The minimum atomic E-state index is -5.08. The number of carboxylic acid groups (broad SMARTS) is 1. The molecule has 0 radical (unpaired) electrons. The van der Waals surface area contributed by atoms with Crippen LogP contribution in [0.5, 0.6) is 0 Å². The maximum absolute atomic E-state index is 13.3. The fraction of sp³-hybridized carbons (Fsp3) is 0.240. The van der Waals surface area contributed by atoms with E-state index < -0.39 is 12.1 Å². The van der Waals surface area contributed by atoms with Gasteiger partial charge in [0.2, 0.25) is 11.8 Å². The number of nitrogens with zero attached hydrogens (tertiary/aromatic N) is 4. The third-order valence-corrected chi connectivity index (χ3v) is 6.30. The van der Waals surface area contributed by atoms with Gasteiger partial charge in [-0.05, 0) is 71.6 Å². The van der Waals surface area contributed by atoms with Gasteiger partial charge in [0.05, 0.1) is 12.1 Å². The third-order valence-electron chi connectivity index (χ3n) is 5.56. The number of hydrogen-bond acceptors (Lipinski definition) is 6. The van der Waals surface area contributed by atoms with Gasteiger partial charge in [-0.1, -0.05) is 17.3 Å². The number of amides is 2. The number of alkyl halides is 3. The molecule has 4 aromatic rings. The van der Waals surface area contributed by atoms with Crippen molar-refractivity contribution in [1.29, 1.82) is 0 Å². The summed E-state index contributed by atoms with van der Waals surface area (Å²) < 4.78 is 33.4. The quantitative estimate of drug-likeness (QED) is 0.348. The molecule has 0 aliphatic heterocycles. The second-order valence-corrected chi connectivity index (χ2v) is 9.24. The number of carbonyl (C=O) groups is 3. The predicted octanol–water partition coefficient (Wildman–Crippen LogP) is 4.71. The van der Waals surface area contributed by atoms with E-state index in [0.29, 0.717) is 6.54 Å². The zero-order chi connectivity index (χ0) is 27.3. The standard InChI is InChI=1S/C23H21N5O2S.C2HF3O2/c29-22(14-28-21-4-2-1-3-20(21)25-26-28)27(13-16-11-12-31-15-16)19-9-7-18(8-10-19)24-23(30)17-5-6-17;3-2(4,5)1(6)7/h1-4,7-12,15,17H,5-6,13-14H2,(H,24,30);(H,6,7). The Morgan fingerprint density at radius 1 is 1.08 bits per heavy atom. The number of nitrogens with one attached hydrogen (secondary N) is 1. The average Bonchev–Trinajstić information content (AvgIpc) is 3.47. The fourth-order valence-electron chi connectivity index (χ4n) is 3.45. The second kappa shape index (κ2) is 11.4. The van der Waals surface area contributed by atoms with E-state index >= 15 is 0 Å². The minimum absolute atomic E-state index is 0.0667. The van der Waals surface area contributed by atoms with Crippen molar-refractivity contribution >= 4 is 51.5 Å². The van der Waals surface area contributed by atoms with Gasteiger partial charge in [-0.2, -0.15) is 24.5 Å². The van der Waals surface area contributed by atoms with E-state index in [1.54, 1.807) is 20.9 Å². The van der Waals surface area contributed by atoms with Gasteiger partial charge in [-0.25, -0.2) is 9.48 Å². The van der Waals surface area contributed by atoms with Crippen molar-refractivity contribution in [3.05, 3.63) is 70.9 Å². The van der Waals surface area contributed by atoms with Crippen molar-refractivity contribution in [2.75, 3.05) is 10.2 Å². The van der Waals surface area contributed by atoms with Crippen LogP contribution in [0.1, 0.15) is 18.4 Å². The highest BCUT2D eigenvalue weighted by atomic mass is 32.1. The molecule has 0 atom stereocenters. The highest BCUT2D eigenvalue weighted by Gasteiger charge is 2.38. The van der Waals surface area contributed by atoms with E-state index in [-0.39, 0.29) is 24.3 Å². The first kappa shape index (κ1) is 26.8. The molecule has 1 aliphatic rings. The summed E-state index contributed by atoms with van der Waals surface area (Å²) in [6, 6.07) is 17.0. The lowest BCUT2D eigenvalue weighted by Crippen LogP contribution is -2.33. The lowest BCUT2D eigenvalue weighted by atomic mass is 10.2. The van der Waals surface area contributed by atoms with Crippen molar-refractivity contribution < 1.29 is 32.7 Å². The summed E-state index contributed by atoms with van der Waals surface area (Å²) in [5, 5.41) is 22.4. The van der Waals surface area contributed by atoms with Crippen molar-refractivity contribution in [2.24, 2.45) is 5.92 Å². The number of aliphatic carboxylic acids is 1. The lowest BCUT2D eigenvalue weighted by molar-refractivity contribution is -0.192. The maximum Gasteiger partial charge on any atom is 0.490 e. The van der Waals surface area contributed by atoms with E-state index in [1.807, 2.05) is 65.4 Å². The number of para-hydroxylation sites is 1. The summed E-state index contributed by atoms with van der Waals surface area (Å²) in [6.45, 7) is 0.549. The van der Waals surface area contributed by atoms with Crippen molar-refractivity contribution in [1.82, 2.24) is 15.0 Å². The number of hydrogen-bond donors (Lipinski definition) is 2. The number of thiophene rings is 1. The molecule has 13 heteroatoms. The lowest BCUT2D eigenvalue weighted by Gasteiger charge is -2.23. The fourth-order valence-corrected chi connectivity index (χ4v) is 4.11. The maximum atomic E-state index is 13.3. The summed E-state index contributed by atoms with van der Waals surface area (Å²) in [7, 11) is 0. The molecule has 2 aromatic heterocycles. The number of carbonyl (C=O) groups excluding carboxylic acids is 2. The SMILES string of the molecule is O=C(Nc1ccc(N(Cc2ccsc2)C(=O)Cn2nnc3ccccc32)cc1)C1CC1.O=C(O)C(F)(F)F. The van der Waals surface area contributed by atoms with Crippen LogP contribution in [0.3, 0.4) is 0 Å². The number of rotatable bonds is 7. The van der Waals surface area contributed by atoms with Crippen LogP contribution in [0.15, 0.2) is 65.4 Å². The Morgan fingerprint density at radius 3 is 2.37 bits per heavy atom. The van der Waals surface area contributed by atoms with Gasteiger partial charge in [0.15, 0.2) is 0 Å². The van der Waals surface area contributed by atoms with Crippen molar-refractivity contribution in [3.63, 3.8) is 0 Å². The number of fused-ring (bicyclic) bond motifs is 1. The van der Waals surface area contributed by atoms with Crippen LogP contribution in [0.4, 0.5) is 24.5 Å². The Bertz CT molecular complexity index is 1420. The van der Waals surface area contributed by atoms with Crippen LogP contribution in [0.2, 0.25) is 0 Å². The van der Waals surface area contributed by atoms with E-state index in [2.05, 4.69) is 15.6 Å². The number of anilines is 2. The first-order valence-electron chi connectivity index (χ1n) is 11.4. The molecule has 198 valence electrons. The van der Waals surface area contributed by atoms with Gasteiger partial charge in [0.1, 0.15) is 12.1 Å². The first-order chi connectivity index (χ1) is 18.1. The number of halogens is 3. The first-order valence-corrected chi connectivity index (χ1v) is 12.4. The number of aromatic nitrogens is 3. The van der Waals surface area contributed by atoms with E-state index in [9.17, 15) is 22.8 Å². The molecule has 0 saturated heterocycles. The van der Waals surface area contributed by atoms with E-state index in [4.69, 9.17) is 9.90 Å². The molecule has 2 amide bonds. The van der Waals surface area contributed by atoms with Gasteiger partial charge in [-0.15, -0.1) is 5.10 Å². The van der Waals surface area contributed by atoms with Gasteiger partial charge < -0.3 is 15.3 Å².